The molecule has 25 heavy (non-hydrogen) atoms. The number of fused-ring (bicyclic) bond motifs is 2. The second kappa shape index (κ2) is 7.17. The SMILES string of the molecule is CCOC(OCC)C(=O)c1ccc2c(c1)c(=O)c1ccccc1n2C. The molecule has 0 bridgehead atoms. The first kappa shape index (κ1) is 17.3. The Labute approximate surface area is 145 Å². The highest BCUT2D eigenvalue weighted by Gasteiger charge is 2.21. The van der Waals surface area contributed by atoms with Crippen LogP contribution in [0.5, 0.6) is 0 Å². The van der Waals surface area contributed by atoms with Crippen LogP contribution in [0.4, 0.5) is 0 Å². The van der Waals surface area contributed by atoms with Crippen molar-refractivity contribution in [1.29, 1.82) is 0 Å². The molecule has 5 heteroatoms. The van der Waals surface area contributed by atoms with Gasteiger partial charge >= 0.3 is 0 Å². The lowest BCUT2D eigenvalue weighted by Gasteiger charge is -2.16. The van der Waals surface area contributed by atoms with Gasteiger partial charge in [-0.15, -0.1) is 0 Å². The minimum atomic E-state index is -0.947. The predicted molar refractivity (Wildman–Crippen MR) is 98.1 cm³/mol. The van der Waals surface area contributed by atoms with Crippen LogP contribution in [-0.2, 0) is 16.5 Å². The van der Waals surface area contributed by atoms with Gasteiger partial charge in [-0.2, -0.15) is 0 Å². The van der Waals surface area contributed by atoms with Gasteiger partial charge in [0.05, 0.1) is 11.0 Å². The number of nitrogens with zero attached hydrogens (tertiary/aromatic N) is 1. The molecule has 1 aromatic heterocycles. The highest BCUT2D eigenvalue weighted by atomic mass is 16.7. The normalized spacial score (nSPS) is 11.5. The van der Waals surface area contributed by atoms with E-state index in [2.05, 4.69) is 0 Å². The number of carbonyl (C=O) groups is 1. The van der Waals surface area contributed by atoms with E-state index in [4.69, 9.17) is 9.47 Å². The molecule has 0 saturated carbocycles. The fraction of sp³-hybridized carbons (Fsp3) is 0.300. The third-order valence-electron chi connectivity index (χ3n) is 4.25. The molecule has 0 aliphatic heterocycles. The van der Waals surface area contributed by atoms with Gasteiger partial charge < -0.3 is 14.0 Å². The maximum absolute atomic E-state index is 12.8. The van der Waals surface area contributed by atoms with E-state index in [0.29, 0.717) is 29.5 Å². The summed E-state index contributed by atoms with van der Waals surface area (Å²) in [6.07, 6.45) is -0.947. The van der Waals surface area contributed by atoms with E-state index in [9.17, 15) is 9.59 Å². The zero-order chi connectivity index (χ0) is 18.0. The largest absolute Gasteiger partial charge is 0.346 e. The van der Waals surface area contributed by atoms with Crippen LogP contribution in [0.1, 0.15) is 24.2 Å². The number of benzene rings is 2. The molecule has 0 spiro atoms. The number of hydrogen-bond acceptors (Lipinski definition) is 4. The lowest BCUT2D eigenvalue weighted by molar-refractivity contribution is -0.107. The monoisotopic (exact) mass is 339 g/mol. The molecule has 1 heterocycles. The molecule has 3 aromatic rings. The quantitative estimate of drug-likeness (QED) is 0.393. The third kappa shape index (κ3) is 3.08. The number of pyridine rings is 1. The second-order valence-electron chi connectivity index (χ2n) is 5.74. The van der Waals surface area contributed by atoms with Crippen molar-refractivity contribution < 1.29 is 14.3 Å². The molecule has 0 aliphatic carbocycles. The van der Waals surface area contributed by atoms with Crippen LogP contribution < -0.4 is 5.43 Å². The Kier molecular flexibility index (Phi) is 4.97. The number of aromatic nitrogens is 1. The summed E-state index contributed by atoms with van der Waals surface area (Å²) in [4.78, 5) is 25.5. The van der Waals surface area contributed by atoms with Crippen molar-refractivity contribution in [3.05, 3.63) is 58.3 Å². The van der Waals surface area contributed by atoms with Crippen LogP contribution >= 0.6 is 0 Å². The Balaban J connectivity index is 2.17. The first-order valence-electron chi connectivity index (χ1n) is 8.37. The fourth-order valence-corrected chi connectivity index (χ4v) is 3.03. The van der Waals surface area contributed by atoms with E-state index in [-0.39, 0.29) is 11.2 Å². The summed E-state index contributed by atoms with van der Waals surface area (Å²) in [5, 5.41) is 1.15. The van der Waals surface area contributed by atoms with Gasteiger partial charge in [-0.25, -0.2) is 0 Å². The average Bonchev–Trinajstić information content (AvgIpc) is 2.65. The highest BCUT2D eigenvalue weighted by Crippen LogP contribution is 2.20. The average molecular weight is 339 g/mol. The number of aryl methyl sites for hydroxylation is 1. The molecule has 0 radical (unpaired) electrons. The highest BCUT2D eigenvalue weighted by molar-refractivity contribution is 6.03. The van der Waals surface area contributed by atoms with Crippen LogP contribution in [-0.4, -0.2) is 29.9 Å². The van der Waals surface area contributed by atoms with E-state index >= 15 is 0 Å². The smallest absolute Gasteiger partial charge is 0.222 e. The Bertz CT molecular complexity index is 984. The molecule has 2 aromatic carbocycles. The molecule has 3 rings (SSSR count). The van der Waals surface area contributed by atoms with Crippen molar-refractivity contribution >= 4 is 27.6 Å². The van der Waals surface area contributed by atoms with Crippen LogP contribution in [0.25, 0.3) is 21.8 Å². The molecule has 0 fully saturated rings. The summed E-state index contributed by atoms with van der Waals surface area (Å²) < 4.78 is 12.7. The van der Waals surface area contributed by atoms with Gasteiger partial charge in [-0.1, -0.05) is 12.1 Å². The second-order valence-corrected chi connectivity index (χ2v) is 5.74. The van der Waals surface area contributed by atoms with Crippen molar-refractivity contribution in [3.8, 4) is 0 Å². The van der Waals surface area contributed by atoms with Gasteiger partial charge in [-0.3, -0.25) is 9.59 Å². The van der Waals surface area contributed by atoms with Gasteiger partial charge in [0, 0.05) is 36.6 Å². The van der Waals surface area contributed by atoms with E-state index < -0.39 is 6.29 Å². The van der Waals surface area contributed by atoms with Crippen LogP contribution in [0.2, 0.25) is 0 Å². The minimum absolute atomic E-state index is 0.0808. The Hall–Kier alpha value is -2.50. The maximum Gasteiger partial charge on any atom is 0.222 e. The summed E-state index contributed by atoms with van der Waals surface area (Å²) in [5.41, 5.74) is 1.97. The maximum atomic E-state index is 12.8. The predicted octanol–water partition coefficient (Wildman–Crippen LogP) is 3.27. The van der Waals surface area contributed by atoms with Gasteiger partial charge in [-0.05, 0) is 44.2 Å². The van der Waals surface area contributed by atoms with E-state index in [1.165, 1.54) is 0 Å². The van der Waals surface area contributed by atoms with E-state index in [1.54, 1.807) is 24.3 Å². The lowest BCUT2D eigenvalue weighted by atomic mass is 10.0. The topological polar surface area (TPSA) is 57.5 Å². The zero-order valence-corrected chi connectivity index (χ0v) is 14.6. The molecule has 0 aliphatic rings. The number of ether oxygens (including phenoxy) is 2. The molecule has 0 atom stereocenters. The van der Waals surface area contributed by atoms with Crippen LogP contribution in [0, 0.1) is 0 Å². The minimum Gasteiger partial charge on any atom is -0.346 e. The van der Waals surface area contributed by atoms with Crippen LogP contribution in [0.15, 0.2) is 47.3 Å². The summed E-state index contributed by atoms with van der Waals surface area (Å²) >= 11 is 0. The zero-order valence-electron chi connectivity index (χ0n) is 14.6. The van der Waals surface area contributed by atoms with Crippen molar-refractivity contribution in [2.24, 2.45) is 7.05 Å². The number of Topliss-reactive ketones (excluding diaryl/α,β-unsaturated/α-hetero) is 1. The van der Waals surface area contributed by atoms with Gasteiger partial charge in [0.2, 0.25) is 12.1 Å². The third-order valence-corrected chi connectivity index (χ3v) is 4.25. The molecule has 0 saturated heterocycles. The van der Waals surface area contributed by atoms with Crippen LogP contribution in [0.3, 0.4) is 0 Å². The first-order chi connectivity index (χ1) is 12.1. The van der Waals surface area contributed by atoms with Gasteiger partial charge in [0.1, 0.15) is 0 Å². The van der Waals surface area contributed by atoms with Gasteiger partial charge in [0.25, 0.3) is 0 Å². The first-order valence-corrected chi connectivity index (χ1v) is 8.37. The number of hydrogen-bond donors (Lipinski definition) is 0. The van der Waals surface area contributed by atoms with E-state index in [0.717, 1.165) is 11.0 Å². The molecule has 5 nitrogen and oxygen atoms in total. The summed E-state index contributed by atoms with van der Waals surface area (Å²) in [7, 11) is 1.91. The number of ketones is 1. The summed E-state index contributed by atoms with van der Waals surface area (Å²) in [6, 6.07) is 12.6. The molecule has 0 N–H and O–H groups in total. The fourth-order valence-electron chi connectivity index (χ4n) is 3.03. The Morgan fingerprint density at radius 2 is 1.64 bits per heavy atom. The van der Waals surface area contributed by atoms with Crippen molar-refractivity contribution in [1.82, 2.24) is 4.57 Å². The molecule has 130 valence electrons. The lowest BCUT2D eigenvalue weighted by Crippen LogP contribution is -2.28. The van der Waals surface area contributed by atoms with Crippen molar-refractivity contribution in [2.45, 2.75) is 20.1 Å². The Morgan fingerprint density at radius 3 is 2.32 bits per heavy atom. The van der Waals surface area contributed by atoms with Crippen molar-refractivity contribution in [3.63, 3.8) is 0 Å². The van der Waals surface area contributed by atoms with E-state index in [1.807, 2.05) is 43.7 Å². The molecule has 0 unspecified atom stereocenters. The number of rotatable bonds is 6. The Morgan fingerprint density at radius 1 is 1.00 bits per heavy atom. The molecular formula is C20H21NO4. The standard InChI is InChI=1S/C20H21NO4/c1-4-24-20(25-5-2)18(22)13-10-11-17-15(12-13)19(23)14-8-6-7-9-16(14)21(17)3/h6-12,20H,4-5H2,1-3H3. The summed E-state index contributed by atoms with van der Waals surface area (Å²) in [5.74, 6) is -0.277. The molecular weight excluding hydrogens is 318 g/mol. The number of para-hydroxylation sites is 1. The summed E-state index contributed by atoms with van der Waals surface area (Å²) in [6.45, 7) is 4.36. The van der Waals surface area contributed by atoms with Gasteiger partial charge in [0.15, 0.2) is 5.43 Å². The number of carbonyl (C=O) groups excluding carboxylic acids is 1. The van der Waals surface area contributed by atoms with Crippen molar-refractivity contribution in [2.75, 3.05) is 13.2 Å². The molecule has 0 amide bonds.